The number of hydrogen-bond donors (Lipinski definition) is 1. The highest BCUT2D eigenvalue weighted by atomic mass is 35.5. The number of benzene rings is 1. The van der Waals surface area contributed by atoms with Crippen molar-refractivity contribution < 1.29 is 8.42 Å². The van der Waals surface area contributed by atoms with Crippen LogP contribution in [0.2, 0.25) is 5.02 Å². The molecule has 0 aliphatic heterocycles. The number of aromatic nitrogens is 3. The summed E-state index contributed by atoms with van der Waals surface area (Å²) in [4.78, 5) is 4.38. The van der Waals surface area contributed by atoms with Gasteiger partial charge in [0.25, 0.3) is 10.0 Å². The second kappa shape index (κ2) is 7.66. The zero-order valence-electron chi connectivity index (χ0n) is 17.7. The molecule has 0 amide bonds. The molecule has 1 N–H and O–H groups in total. The van der Waals surface area contributed by atoms with Crippen LogP contribution in [0.25, 0.3) is 16.8 Å². The van der Waals surface area contributed by atoms with Crippen LogP contribution in [0.3, 0.4) is 0 Å². The van der Waals surface area contributed by atoms with Crippen LogP contribution in [0.4, 0.5) is 5.82 Å². The van der Waals surface area contributed by atoms with Crippen molar-refractivity contribution in [2.75, 3.05) is 4.72 Å². The van der Waals surface area contributed by atoms with E-state index < -0.39 is 10.0 Å². The molecule has 0 atom stereocenters. The predicted octanol–water partition coefficient (Wildman–Crippen LogP) is 5.46. The first-order chi connectivity index (χ1) is 14.5. The minimum absolute atomic E-state index is 0.0613. The van der Waals surface area contributed by atoms with Gasteiger partial charge >= 0.3 is 0 Å². The molecule has 8 heteroatoms. The number of rotatable bonds is 4. The topological polar surface area (TPSA) is 76.4 Å². The zero-order chi connectivity index (χ0) is 22.4. The van der Waals surface area contributed by atoms with Crippen LogP contribution >= 0.6 is 11.6 Å². The van der Waals surface area contributed by atoms with E-state index in [1.165, 1.54) is 4.52 Å². The van der Waals surface area contributed by atoms with E-state index >= 15 is 0 Å². The molecular formula is C23H23ClN4O2S. The molecule has 0 saturated heterocycles. The number of fused-ring (bicyclic) bond motifs is 1. The highest BCUT2D eigenvalue weighted by molar-refractivity contribution is 7.92. The first-order valence-corrected chi connectivity index (χ1v) is 11.6. The fraction of sp³-hybridized carbons (Fsp3) is 0.217. The lowest BCUT2D eigenvalue weighted by molar-refractivity contribution is 0.587. The minimum atomic E-state index is -3.81. The third kappa shape index (κ3) is 4.29. The Bertz CT molecular complexity index is 1370. The summed E-state index contributed by atoms with van der Waals surface area (Å²) in [6.07, 6.45) is 3.47. The van der Waals surface area contributed by atoms with Crippen LogP contribution in [0.1, 0.15) is 31.9 Å². The molecule has 4 aromatic rings. The van der Waals surface area contributed by atoms with Crippen molar-refractivity contribution in [2.45, 2.75) is 38.0 Å². The molecule has 0 radical (unpaired) electrons. The van der Waals surface area contributed by atoms with Gasteiger partial charge in [-0.1, -0.05) is 44.5 Å². The number of halogens is 1. The van der Waals surface area contributed by atoms with Crippen molar-refractivity contribution >= 4 is 33.0 Å². The lowest BCUT2D eigenvalue weighted by Crippen LogP contribution is -2.16. The first-order valence-electron chi connectivity index (χ1n) is 9.78. The summed E-state index contributed by atoms with van der Waals surface area (Å²) in [5, 5.41) is 5.04. The maximum atomic E-state index is 13.0. The van der Waals surface area contributed by atoms with Gasteiger partial charge in [0.05, 0.1) is 21.1 Å². The highest BCUT2D eigenvalue weighted by Gasteiger charge is 2.20. The Labute approximate surface area is 187 Å². The Kier molecular flexibility index (Phi) is 5.27. The second-order valence-electron chi connectivity index (χ2n) is 8.52. The van der Waals surface area contributed by atoms with Crippen LogP contribution in [-0.4, -0.2) is 23.0 Å². The fourth-order valence-corrected chi connectivity index (χ4v) is 4.53. The standard InChI is InChI=1S/C23H23ClN4O2S/c1-15-11-16(14-25-13-15)20-12-21-19(24)9-10-22(28(21)26-20)27-31(29,30)18-7-5-17(6-8-18)23(2,3)4/h5-14,27H,1-4H3. The molecule has 0 aliphatic rings. The number of pyridine rings is 2. The average molecular weight is 455 g/mol. The molecule has 0 spiro atoms. The summed E-state index contributed by atoms with van der Waals surface area (Å²) in [5.41, 5.74) is 4.07. The molecule has 6 nitrogen and oxygen atoms in total. The summed E-state index contributed by atoms with van der Waals surface area (Å²) in [6, 6.07) is 13.9. The Morgan fingerprint density at radius 3 is 2.35 bits per heavy atom. The molecule has 0 bridgehead atoms. The van der Waals surface area contributed by atoms with Gasteiger partial charge in [-0.25, -0.2) is 12.9 Å². The molecule has 0 fully saturated rings. The van der Waals surface area contributed by atoms with Crippen molar-refractivity contribution in [1.82, 2.24) is 14.6 Å². The van der Waals surface area contributed by atoms with Gasteiger partial charge in [-0.2, -0.15) is 5.10 Å². The van der Waals surface area contributed by atoms with Crippen LogP contribution in [0.15, 0.2) is 65.8 Å². The van der Waals surface area contributed by atoms with Crippen LogP contribution < -0.4 is 4.72 Å². The van der Waals surface area contributed by atoms with Crippen LogP contribution in [0, 0.1) is 6.92 Å². The predicted molar refractivity (Wildman–Crippen MR) is 124 cm³/mol. The van der Waals surface area contributed by atoms with E-state index in [1.54, 1.807) is 36.7 Å². The Morgan fingerprint density at radius 2 is 1.71 bits per heavy atom. The maximum Gasteiger partial charge on any atom is 0.263 e. The third-order valence-corrected chi connectivity index (χ3v) is 6.70. The molecule has 3 heterocycles. The fourth-order valence-electron chi connectivity index (χ4n) is 3.29. The van der Waals surface area contributed by atoms with E-state index in [0.717, 1.165) is 16.7 Å². The second-order valence-corrected chi connectivity index (χ2v) is 10.6. The first kappa shape index (κ1) is 21.3. The van der Waals surface area contributed by atoms with Gasteiger partial charge in [-0.3, -0.25) is 9.71 Å². The van der Waals surface area contributed by atoms with Gasteiger partial charge in [0.1, 0.15) is 5.82 Å². The van der Waals surface area contributed by atoms with Crippen LogP contribution in [0.5, 0.6) is 0 Å². The van der Waals surface area contributed by atoms with Gasteiger partial charge in [0.2, 0.25) is 0 Å². The van der Waals surface area contributed by atoms with Crippen molar-refractivity contribution in [2.24, 2.45) is 0 Å². The molecule has 1 aromatic carbocycles. The number of anilines is 1. The van der Waals surface area contributed by atoms with E-state index in [4.69, 9.17) is 11.6 Å². The number of hydrogen-bond acceptors (Lipinski definition) is 4. The van der Waals surface area contributed by atoms with Crippen molar-refractivity contribution in [3.05, 3.63) is 77.1 Å². The highest BCUT2D eigenvalue weighted by Crippen LogP contribution is 2.29. The van der Waals surface area contributed by atoms with E-state index in [9.17, 15) is 8.42 Å². The SMILES string of the molecule is Cc1cncc(-c2cc3c(Cl)ccc(NS(=O)(=O)c4ccc(C(C)(C)C)cc4)n3n2)c1. The Balaban J connectivity index is 1.73. The number of nitrogens with one attached hydrogen (secondary N) is 1. The smallest absolute Gasteiger partial charge is 0.263 e. The van der Waals surface area contributed by atoms with Crippen LogP contribution in [-0.2, 0) is 15.4 Å². The average Bonchev–Trinajstić information content (AvgIpc) is 3.16. The van der Waals surface area contributed by atoms with Crippen molar-refractivity contribution in [1.29, 1.82) is 0 Å². The van der Waals surface area contributed by atoms with Gasteiger partial charge in [-0.05, 0) is 59.9 Å². The normalized spacial score (nSPS) is 12.3. The lowest BCUT2D eigenvalue weighted by Gasteiger charge is -2.19. The molecule has 160 valence electrons. The van der Waals surface area contributed by atoms with Gasteiger partial charge in [-0.15, -0.1) is 0 Å². The molecule has 4 rings (SSSR count). The van der Waals surface area contributed by atoms with E-state index in [1.807, 2.05) is 31.2 Å². The maximum absolute atomic E-state index is 13.0. The van der Waals surface area contributed by atoms with E-state index in [0.29, 0.717) is 22.1 Å². The number of aryl methyl sites for hydroxylation is 1. The zero-order valence-corrected chi connectivity index (χ0v) is 19.3. The number of nitrogens with zero attached hydrogens (tertiary/aromatic N) is 3. The molecule has 0 aliphatic carbocycles. The molecule has 3 aromatic heterocycles. The summed E-state index contributed by atoms with van der Waals surface area (Å²) in [5.74, 6) is 0.297. The molecule has 0 saturated carbocycles. The Hall–Kier alpha value is -2.90. The summed E-state index contributed by atoms with van der Waals surface area (Å²) in [7, 11) is -3.81. The quantitative estimate of drug-likeness (QED) is 0.444. The van der Waals surface area contributed by atoms with Crippen molar-refractivity contribution in [3.63, 3.8) is 0 Å². The third-order valence-electron chi connectivity index (χ3n) is 5.01. The van der Waals surface area contributed by atoms with Crippen molar-refractivity contribution in [3.8, 4) is 11.3 Å². The minimum Gasteiger partial charge on any atom is -0.264 e. The van der Waals surface area contributed by atoms with Gasteiger partial charge in [0, 0.05) is 18.0 Å². The van der Waals surface area contributed by atoms with E-state index in [2.05, 4.69) is 35.6 Å². The molecular weight excluding hydrogens is 432 g/mol. The molecule has 31 heavy (non-hydrogen) atoms. The Morgan fingerprint density at radius 1 is 1.00 bits per heavy atom. The van der Waals surface area contributed by atoms with Gasteiger partial charge in [0.15, 0.2) is 0 Å². The lowest BCUT2D eigenvalue weighted by atomic mass is 9.87. The number of sulfonamides is 1. The molecule has 0 unspecified atom stereocenters. The monoisotopic (exact) mass is 454 g/mol. The largest absolute Gasteiger partial charge is 0.264 e. The van der Waals surface area contributed by atoms with E-state index in [-0.39, 0.29) is 10.3 Å². The summed E-state index contributed by atoms with van der Waals surface area (Å²) >= 11 is 6.36. The summed E-state index contributed by atoms with van der Waals surface area (Å²) < 4.78 is 30.2. The van der Waals surface area contributed by atoms with Gasteiger partial charge < -0.3 is 0 Å². The summed E-state index contributed by atoms with van der Waals surface area (Å²) in [6.45, 7) is 8.19.